The zero-order chi connectivity index (χ0) is 93.6. The number of ether oxygens (including phenoxy) is 4. The first-order valence-corrected chi connectivity index (χ1v) is 51.1. The van der Waals surface area contributed by atoms with E-state index in [0.29, 0.717) is 88.4 Å². The van der Waals surface area contributed by atoms with Gasteiger partial charge in [0.1, 0.15) is 45.7 Å². The van der Waals surface area contributed by atoms with Crippen LogP contribution in [0.2, 0.25) is 0 Å². The van der Waals surface area contributed by atoms with Gasteiger partial charge in [0.25, 0.3) is 0 Å². The molecule has 0 radical (unpaired) electrons. The van der Waals surface area contributed by atoms with Gasteiger partial charge in [-0.15, -0.1) is 0 Å². The molecule has 0 aromatic heterocycles. The molecule has 129 heavy (non-hydrogen) atoms. The molecule has 2 bridgehead atoms. The lowest BCUT2D eigenvalue weighted by atomic mass is 9.80. The predicted octanol–water partition coefficient (Wildman–Crippen LogP) is 36.2. The summed E-state index contributed by atoms with van der Waals surface area (Å²) in [6.45, 7) is 49.1. The average Bonchev–Trinajstić information content (AvgIpc) is 1.60. The molecule has 10 aromatic rings. The van der Waals surface area contributed by atoms with Gasteiger partial charge in [0.15, 0.2) is 0 Å². The molecule has 0 saturated heterocycles. The van der Waals surface area contributed by atoms with Crippen LogP contribution in [0.3, 0.4) is 0 Å². The highest BCUT2D eigenvalue weighted by Gasteiger charge is 2.55. The first-order chi connectivity index (χ1) is 62.1. The molecule has 16 rings (SSSR count). The summed E-state index contributed by atoms with van der Waals surface area (Å²) < 4.78 is 25.5. The van der Waals surface area contributed by atoms with Gasteiger partial charge in [-0.25, -0.2) is 0 Å². The molecule has 6 aliphatic rings. The second kappa shape index (κ2) is 54.3. The lowest BCUT2D eigenvalue weighted by Gasteiger charge is -2.35. The van der Waals surface area contributed by atoms with Crippen LogP contribution in [0.4, 0.5) is 0 Å². The second-order valence-corrected chi connectivity index (χ2v) is 39.4. The lowest BCUT2D eigenvalue weighted by molar-refractivity contribution is -0.162. The van der Waals surface area contributed by atoms with Crippen molar-refractivity contribution in [3.63, 3.8) is 0 Å². The van der Waals surface area contributed by atoms with Gasteiger partial charge in [-0.3, -0.25) is 0 Å². The summed E-state index contributed by atoms with van der Waals surface area (Å²) in [5.41, 5.74) is 14.3. The van der Waals surface area contributed by atoms with Crippen molar-refractivity contribution in [1.29, 1.82) is 0 Å². The SMILES string of the molecule is CC1c2cccc3cccc(c23)C1C.CCC(C)c1ccc(O)cc1.CCC(C)c1ccc(O)cc1.CCC(C)c1ccc(O)cc1.CCC(C)c1ccc(OC(OC2CC3CC2C2CCCC32)C(C)C)cc1.CCC(C)c1ccc(OC2(CC)CCCC2)cc1.CCC(C)c1ccc(OC2(CC)CCCC2)cc1.CCC(C)c1ccccc1.CCC(C)c1ccccc1. The van der Waals surface area contributed by atoms with Crippen LogP contribution in [0.25, 0.3) is 10.8 Å². The van der Waals surface area contributed by atoms with Crippen LogP contribution in [-0.2, 0) is 4.74 Å². The van der Waals surface area contributed by atoms with E-state index in [-0.39, 0.29) is 17.5 Å². The van der Waals surface area contributed by atoms with Crippen molar-refractivity contribution in [3.8, 4) is 34.5 Å². The molecule has 10 aromatic carbocycles. The third kappa shape index (κ3) is 31.7. The number of phenols is 3. The van der Waals surface area contributed by atoms with E-state index in [1.807, 2.05) is 36.4 Å². The zero-order valence-corrected chi connectivity index (χ0v) is 84.1. The van der Waals surface area contributed by atoms with Crippen LogP contribution >= 0.6 is 0 Å². The summed E-state index contributed by atoms with van der Waals surface area (Å²) in [5.74, 6) is 14.6. The van der Waals surface area contributed by atoms with Crippen molar-refractivity contribution in [2.45, 2.75) is 383 Å². The molecule has 16 atom stereocenters. The molecule has 5 fully saturated rings. The van der Waals surface area contributed by atoms with Crippen molar-refractivity contribution in [2.75, 3.05) is 0 Å². The molecule has 0 spiro atoms. The number of hydrogen-bond donors (Lipinski definition) is 3. The fraction of sp³-hybridized carbons (Fsp3) is 0.525. The first-order valence-electron chi connectivity index (χ1n) is 51.1. The highest BCUT2D eigenvalue weighted by Crippen LogP contribution is 2.60. The Hall–Kier alpha value is -8.78. The number of benzene rings is 10. The molecule has 7 heteroatoms. The largest absolute Gasteiger partial charge is 0.508 e. The number of rotatable bonds is 27. The van der Waals surface area contributed by atoms with Crippen molar-refractivity contribution in [1.82, 2.24) is 0 Å². The maximum Gasteiger partial charge on any atom is 0.202 e. The van der Waals surface area contributed by atoms with Gasteiger partial charge in [0, 0.05) is 5.92 Å². The fourth-order valence-electron chi connectivity index (χ4n) is 19.5. The quantitative estimate of drug-likeness (QED) is 0.0441. The summed E-state index contributed by atoms with van der Waals surface area (Å²) in [6, 6.07) is 83.0. The Morgan fingerprint density at radius 3 is 0.884 bits per heavy atom. The molecule has 6 aliphatic carbocycles. The van der Waals surface area contributed by atoms with E-state index in [1.54, 1.807) is 36.4 Å². The van der Waals surface area contributed by atoms with Gasteiger partial charge in [-0.1, -0.05) is 329 Å². The van der Waals surface area contributed by atoms with Gasteiger partial charge in [-0.2, -0.15) is 0 Å². The minimum atomic E-state index is -0.131. The summed E-state index contributed by atoms with van der Waals surface area (Å²) in [4.78, 5) is 0. The van der Waals surface area contributed by atoms with Gasteiger partial charge in [0.2, 0.25) is 6.29 Å². The second-order valence-electron chi connectivity index (χ2n) is 39.4. The van der Waals surface area contributed by atoms with Crippen LogP contribution in [0, 0.1) is 29.6 Å². The minimum Gasteiger partial charge on any atom is -0.508 e. The molecule has 3 N–H and O–H groups in total. The molecule has 0 heterocycles. The third-order valence-corrected chi connectivity index (χ3v) is 30.5. The maximum atomic E-state index is 9.01. The Kier molecular flexibility index (Phi) is 44.4. The Morgan fingerprint density at radius 2 is 0.589 bits per heavy atom. The van der Waals surface area contributed by atoms with Gasteiger partial charge >= 0.3 is 0 Å². The smallest absolute Gasteiger partial charge is 0.202 e. The molecular weight excluding hydrogens is 1580 g/mol. The van der Waals surface area contributed by atoms with E-state index in [9.17, 15) is 0 Å². The number of aromatic hydroxyl groups is 3. The molecule has 702 valence electrons. The van der Waals surface area contributed by atoms with Crippen molar-refractivity contribution < 1.29 is 34.3 Å². The third-order valence-electron chi connectivity index (χ3n) is 30.5. The van der Waals surface area contributed by atoms with E-state index < -0.39 is 0 Å². The van der Waals surface area contributed by atoms with Gasteiger partial charge in [-0.05, 0) is 363 Å². The van der Waals surface area contributed by atoms with Crippen LogP contribution < -0.4 is 14.2 Å². The van der Waals surface area contributed by atoms with E-state index in [1.165, 1.54) is 182 Å². The number of hydrogen-bond acceptors (Lipinski definition) is 7. The average molecular weight is 1750 g/mol. The maximum absolute atomic E-state index is 9.01. The highest BCUT2D eigenvalue weighted by molar-refractivity contribution is 5.92. The van der Waals surface area contributed by atoms with Crippen LogP contribution in [0.1, 0.15) is 415 Å². The Morgan fingerprint density at radius 1 is 0.302 bits per heavy atom. The van der Waals surface area contributed by atoms with Crippen molar-refractivity contribution >= 4 is 10.8 Å². The van der Waals surface area contributed by atoms with E-state index in [0.717, 1.165) is 73.0 Å². The van der Waals surface area contributed by atoms with Crippen LogP contribution in [-0.4, -0.2) is 38.9 Å². The summed E-state index contributed by atoms with van der Waals surface area (Å²) >= 11 is 0. The Balaban J connectivity index is 0.000000183. The van der Waals surface area contributed by atoms with Crippen LogP contribution in [0.5, 0.6) is 34.5 Å². The van der Waals surface area contributed by atoms with Gasteiger partial charge < -0.3 is 34.3 Å². The van der Waals surface area contributed by atoms with E-state index in [4.69, 9.17) is 34.3 Å². The first kappa shape index (κ1) is 106. The molecule has 16 unspecified atom stereocenters. The zero-order valence-electron chi connectivity index (χ0n) is 84.1. The van der Waals surface area contributed by atoms with E-state index in [2.05, 4.69) is 322 Å². The molecule has 0 amide bonds. The topological polar surface area (TPSA) is 97.6 Å². The van der Waals surface area contributed by atoms with Crippen LogP contribution in [0.15, 0.2) is 243 Å². The molecule has 7 nitrogen and oxygen atoms in total. The molecular formula is C122H172O7. The summed E-state index contributed by atoms with van der Waals surface area (Å²) in [6.07, 6.45) is 29.2. The number of phenolic OH excluding ortho intramolecular Hbond substituents is 3. The van der Waals surface area contributed by atoms with Gasteiger partial charge in [0.05, 0.1) is 6.10 Å². The predicted molar refractivity (Wildman–Crippen MR) is 552 cm³/mol. The van der Waals surface area contributed by atoms with Crippen molar-refractivity contribution in [2.24, 2.45) is 29.6 Å². The Bertz CT molecular complexity index is 4370. The normalized spacial score (nSPS) is 20.5. The number of fused-ring (bicyclic) bond motifs is 5. The fourth-order valence-corrected chi connectivity index (χ4v) is 19.5. The summed E-state index contributed by atoms with van der Waals surface area (Å²) in [7, 11) is 0. The minimum absolute atomic E-state index is 0.123. The monoisotopic (exact) mass is 1750 g/mol. The summed E-state index contributed by atoms with van der Waals surface area (Å²) in [5, 5.41) is 29.9. The van der Waals surface area contributed by atoms with E-state index >= 15 is 0 Å². The lowest BCUT2D eigenvalue weighted by Crippen LogP contribution is -2.37. The Labute approximate surface area is 785 Å². The van der Waals surface area contributed by atoms with Crippen molar-refractivity contribution in [3.05, 3.63) is 298 Å². The highest BCUT2D eigenvalue weighted by atomic mass is 16.7. The molecule has 0 aliphatic heterocycles. The standard InChI is InChI=1S/C24H36O2.2C17H26O.C14H14.3C10H14O.2C10H14/c1-5-16(4)17-9-11-19(12-10-17)25-24(15(2)3)26-23-14-18-13-22(23)21-8-6-7-20(18)21;2*1-4-14(3)15-8-10-16(11-9-15)18-17(5-2)12-6-7-13-17;1-9-10(2)13-8-4-6-11-5-3-7-12(9)14(11)13;3*1-3-8(2)9-4-6-10(11)7-5-9;2*1-3-9(2)10-7-5-4-6-8-10/h9-12,15-16,18,20-24H,5-8,13-14H2,1-4H3;2*8-11,14H,4-7,12-13H2,1-3H3;3-10H,1-2H3;3*4-8,11H,3H2,1-2H3;2*4-9H,3H2,1-2H3. The molecule has 5 saturated carbocycles.